The lowest BCUT2D eigenvalue weighted by atomic mass is 10.0. The molecule has 1 atom stereocenters. The Morgan fingerprint density at radius 1 is 1.31 bits per heavy atom. The summed E-state index contributed by atoms with van der Waals surface area (Å²) in [6.07, 6.45) is 2.88. The summed E-state index contributed by atoms with van der Waals surface area (Å²) in [6, 6.07) is 2.25. The summed E-state index contributed by atoms with van der Waals surface area (Å²) >= 11 is 0. The van der Waals surface area contributed by atoms with Gasteiger partial charge in [0.05, 0.1) is 0 Å². The van der Waals surface area contributed by atoms with Crippen molar-refractivity contribution >= 4 is 5.82 Å². The predicted molar refractivity (Wildman–Crippen MR) is 69.8 cm³/mol. The Morgan fingerprint density at radius 2 is 1.94 bits per heavy atom. The number of anilines is 1. The molecule has 1 heterocycles. The van der Waals surface area contributed by atoms with Crippen LogP contribution in [-0.4, -0.2) is 18.1 Å². The van der Waals surface area contributed by atoms with Gasteiger partial charge in [0.15, 0.2) is 0 Å². The zero-order valence-corrected chi connectivity index (χ0v) is 10.8. The quantitative estimate of drug-likeness (QED) is 0.831. The summed E-state index contributed by atoms with van der Waals surface area (Å²) < 4.78 is 0. The molecule has 3 nitrogen and oxygen atoms in total. The first-order chi connectivity index (χ1) is 7.63. The minimum absolute atomic E-state index is 0.109. The summed E-state index contributed by atoms with van der Waals surface area (Å²) in [7, 11) is 0. The van der Waals surface area contributed by atoms with E-state index in [1.165, 1.54) is 11.1 Å². The molecule has 0 aliphatic heterocycles. The van der Waals surface area contributed by atoms with Gasteiger partial charge in [0.2, 0.25) is 0 Å². The fraction of sp³-hybridized carbons (Fsp3) is 0.615. The van der Waals surface area contributed by atoms with Crippen LogP contribution in [0.3, 0.4) is 0 Å². The Morgan fingerprint density at radius 3 is 2.38 bits per heavy atom. The topological polar surface area (TPSA) is 42.1 Å². The van der Waals surface area contributed by atoms with E-state index in [9.17, 15) is 0 Å². The van der Waals surface area contributed by atoms with E-state index in [4.69, 9.17) is 5.73 Å². The van der Waals surface area contributed by atoms with E-state index in [2.05, 4.69) is 43.6 Å². The molecule has 1 aromatic heterocycles. The molecule has 1 unspecified atom stereocenters. The average molecular weight is 221 g/mol. The van der Waals surface area contributed by atoms with Crippen LogP contribution in [0.25, 0.3) is 0 Å². The van der Waals surface area contributed by atoms with Gasteiger partial charge in [-0.25, -0.2) is 4.98 Å². The number of aromatic nitrogens is 1. The molecule has 0 aliphatic carbocycles. The summed E-state index contributed by atoms with van der Waals surface area (Å²) in [5.74, 6) is 1.05. The van der Waals surface area contributed by atoms with Crippen molar-refractivity contribution in [2.75, 3.05) is 18.0 Å². The van der Waals surface area contributed by atoms with Crippen LogP contribution in [0, 0.1) is 6.92 Å². The van der Waals surface area contributed by atoms with E-state index in [0.29, 0.717) is 0 Å². The van der Waals surface area contributed by atoms with Gasteiger partial charge in [-0.2, -0.15) is 0 Å². The number of hydrogen-bond acceptors (Lipinski definition) is 3. The van der Waals surface area contributed by atoms with Crippen LogP contribution in [0.1, 0.15) is 44.4 Å². The second kappa shape index (κ2) is 5.85. The highest BCUT2D eigenvalue weighted by molar-refractivity contribution is 5.43. The largest absolute Gasteiger partial charge is 0.357 e. The normalized spacial score (nSPS) is 12.6. The summed E-state index contributed by atoms with van der Waals surface area (Å²) in [5, 5.41) is 0. The number of rotatable bonds is 5. The SMILES string of the molecule is CCC(N)c1cnc(N(CC)CC)cc1C. The molecule has 1 aromatic rings. The molecule has 0 spiro atoms. The van der Waals surface area contributed by atoms with Crippen LogP contribution in [0.5, 0.6) is 0 Å². The Balaban J connectivity index is 2.98. The lowest BCUT2D eigenvalue weighted by Gasteiger charge is -2.21. The molecule has 0 aliphatic rings. The lowest BCUT2D eigenvalue weighted by molar-refractivity contribution is 0.689. The molecular weight excluding hydrogens is 198 g/mol. The minimum Gasteiger partial charge on any atom is -0.357 e. The zero-order valence-electron chi connectivity index (χ0n) is 10.8. The Kier molecular flexibility index (Phi) is 4.74. The molecule has 0 saturated carbocycles. The van der Waals surface area contributed by atoms with Crippen LogP contribution in [0.2, 0.25) is 0 Å². The smallest absolute Gasteiger partial charge is 0.128 e. The first-order valence-electron chi connectivity index (χ1n) is 6.11. The maximum absolute atomic E-state index is 6.03. The van der Waals surface area contributed by atoms with Crippen LogP contribution in [-0.2, 0) is 0 Å². The maximum Gasteiger partial charge on any atom is 0.128 e. The lowest BCUT2D eigenvalue weighted by Crippen LogP contribution is -2.23. The van der Waals surface area contributed by atoms with Gasteiger partial charge in [0, 0.05) is 25.3 Å². The Labute approximate surface area is 98.7 Å². The molecule has 0 saturated heterocycles. The van der Waals surface area contributed by atoms with E-state index in [1.54, 1.807) is 0 Å². The van der Waals surface area contributed by atoms with Crippen molar-refractivity contribution in [3.05, 3.63) is 23.4 Å². The third-order valence-electron chi connectivity index (χ3n) is 3.06. The Bertz CT molecular complexity index is 332. The maximum atomic E-state index is 6.03. The first kappa shape index (κ1) is 13.0. The Hall–Kier alpha value is -1.09. The third kappa shape index (κ3) is 2.73. The highest BCUT2D eigenvalue weighted by atomic mass is 15.2. The van der Waals surface area contributed by atoms with E-state index in [-0.39, 0.29) is 6.04 Å². The summed E-state index contributed by atoms with van der Waals surface area (Å²) in [5.41, 5.74) is 8.44. The van der Waals surface area contributed by atoms with E-state index in [1.807, 2.05) is 6.20 Å². The second-order valence-corrected chi connectivity index (χ2v) is 4.09. The zero-order chi connectivity index (χ0) is 12.1. The van der Waals surface area contributed by atoms with Crippen molar-refractivity contribution in [1.82, 2.24) is 4.98 Å². The van der Waals surface area contributed by atoms with Crippen molar-refractivity contribution in [2.45, 2.75) is 40.2 Å². The van der Waals surface area contributed by atoms with Gasteiger partial charge in [-0.1, -0.05) is 6.92 Å². The minimum atomic E-state index is 0.109. The van der Waals surface area contributed by atoms with Crippen LogP contribution >= 0.6 is 0 Å². The van der Waals surface area contributed by atoms with Crippen LogP contribution in [0.15, 0.2) is 12.3 Å². The molecule has 2 N–H and O–H groups in total. The fourth-order valence-corrected chi connectivity index (χ4v) is 1.88. The molecule has 16 heavy (non-hydrogen) atoms. The van der Waals surface area contributed by atoms with Crippen LogP contribution in [0.4, 0.5) is 5.82 Å². The van der Waals surface area contributed by atoms with E-state index >= 15 is 0 Å². The molecule has 0 radical (unpaired) electrons. The summed E-state index contributed by atoms with van der Waals surface area (Å²) in [4.78, 5) is 6.74. The van der Waals surface area contributed by atoms with Crippen molar-refractivity contribution in [3.8, 4) is 0 Å². The molecule has 3 heteroatoms. The molecular formula is C13H23N3. The fourth-order valence-electron chi connectivity index (χ4n) is 1.88. The number of nitrogens with two attached hydrogens (primary N) is 1. The van der Waals surface area contributed by atoms with Gasteiger partial charge < -0.3 is 10.6 Å². The number of aryl methyl sites for hydroxylation is 1. The molecule has 1 rings (SSSR count). The number of nitrogens with zero attached hydrogens (tertiary/aromatic N) is 2. The first-order valence-corrected chi connectivity index (χ1v) is 6.11. The average Bonchev–Trinajstić information content (AvgIpc) is 2.30. The molecule has 0 amide bonds. The predicted octanol–water partition coefficient (Wildman–Crippen LogP) is 2.65. The van der Waals surface area contributed by atoms with Gasteiger partial charge in [0.1, 0.15) is 5.82 Å². The van der Waals surface area contributed by atoms with Gasteiger partial charge in [-0.05, 0) is 44.4 Å². The molecule has 90 valence electrons. The van der Waals surface area contributed by atoms with E-state index < -0.39 is 0 Å². The third-order valence-corrected chi connectivity index (χ3v) is 3.06. The van der Waals surface area contributed by atoms with Crippen LogP contribution < -0.4 is 10.6 Å². The summed E-state index contributed by atoms with van der Waals surface area (Å²) in [6.45, 7) is 10.5. The van der Waals surface area contributed by atoms with E-state index in [0.717, 1.165) is 25.3 Å². The van der Waals surface area contributed by atoms with Gasteiger partial charge in [0.25, 0.3) is 0 Å². The van der Waals surface area contributed by atoms with Gasteiger partial charge in [-0.3, -0.25) is 0 Å². The highest BCUT2D eigenvalue weighted by Crippen LogP contribution is 2.21. The molecule has 0 bridgehead atoms. The van der Waals surface area contributed by atoms with Crippen molar-refractivity contribution < 1.29 is 0 Å². The standard InChI is InChI=1S/C13H23N3/c1-5-12(14)11-9-15-13(8-10(11)4)16(6-2)7-3/h8-9,12H,5-7,14H2,1-4H3. The molecule has 0 fully saturated rings. The van der Waals surface area contributed by atoms with Gasteiger partial charge >= 0.3 is 0 Å². The second-order valence-electron chi connectivity index (χ2n) is 4.09. The highest BCUT2D eigenvalue weighted by Gasteiger charge is 2.10. The number of hydrogen-bond donors (Lipinski definition) is 1. The van der Waals surface area contributed by atoms with Crippen molar-refractivity contribution in [3.63, 3.8) is 0 Å². The molecule has 0 aromatic carbocycles. The monoisotopic (exact) mass is 221 g/mol. The van der Waals surface area contributed by atoms with Crippen molar-refractivity contribution in [1.29, 1.82) is 0 Å². The number of pyridine rings is 1. The van der Waals surface area contributed by atoms with Gasteiger partial charge in [-0.15, -0.1) is 0 Å². The van der Waals surface area contributed by atoms with Crippen molar-refractivity contribution in [2.24, 2.45) is 5.73 Å².